The van der Waals surface area contributed by atoms with Gasteiger partial charge in [-0.05, 0) is 93.4 Å². The third-order valence-corrected chi connectivity index (χ3v) is 9.46. The van der Waals surface area contributed by atoms with Crippen molar-refractivity contribution >= 4 is 10.1 Å². The van der Waals surface area contributed by atoms with E-state index >= 15 is 0 Å². The molecule has 4 nitrogen and oxygen atoms in total. The molecule has 0 radical (unpaired) electrons. The molecule has 5 heteroatoms. The van der Waals surface area contributed by atoms with Crippen LogP contribution in [0.25, 0.3) is 0 Å². The number of benzene rings is 1. The van der Waals surface area contributed by atoms with E-state index in [2.05, 4.69) is 18.9 Å². The first-order valence-corrected chi connectivity index (χ1v) is 11.8. The van der Waals surface area contributed by atoms with E-state index in [4.69, 9.17) is 10.6 Å². The maximum Gasteiger partial charge on any atom is 0.311 e. The third kappa shape index (κ3) is 2.80. The second-order valence-corrected chi connectivity index (χ2v) is 11.5. The Morgan fingerprint density at radius 2 is 2.00 bits per heavy atom. The average molecular weight is 403 g/mol. The van der Waals surface area contributed by atoms with Crippen LogP contribution < -0.4 is 4.18 Å². The van der Waals surface area contributed by atoms with Crippen molar-refractivity contribution in [3.8, 4) is 18.1 Å². The summed E-state index contributed by atoms with van der Waals surface area (Å²) in [6.07, 6.45) is 11.3. The van der Waals surface area contributed by atoms with Crippen LogP contribution in [0, 0.1) is 29.6 Å². The molecule has 0 aromatic heterocycles. The zero-order chi connectivity index (χ0) is 20.3. The predicted octanol–water partition coefficient (Wildman–Crippen LogP) is 4.02. The summed E-state index contributed by atoms with van der Waals surface area (Å²) in [6.45, 7) is 5.43. The van der Waals surface area contributed by atoms with Crippen molar-refractivity contribution in [3.05, 3.63) is 29.3 Å². The van der Waals surface area contributed by atoms with E-state index in [1.54, 1.807) is 19.9 Å². The molecule has 1 aromatic carbocycles. The van der Waals surface area contributed by atoms with Gasteiger partial charge in [0, 0.05) is 5.41 Å². The van der Waals surface area contributed by atoms with Gasteiger partial charge in [0.1, 0.15) is 11.4 Å². The highest BCUT2D eigenvalue weighted by molar-refractivity contribution is 7.87. The van der Waals surface area contributed by atoms with Crippen LogP contribution in [0.15, 0.2) is 18.2 Å². The Balaban J connectivity index is 1.61. The molecule has 1 N–H and O–H groups in total. The normalized spacial score (nSPS) is 36.9. The maximum absolute atomic E-state index is 12.1. The van der Waals surface area contributed by atoms with Crippen LogP contribution in [-0.4, -0.2) is 24.4 Å². The highest BCUT2D eigenvalue weighted by Gasteiger charge is 2.61. The van der Waals surface area contributed by atoms with E-state index in [0.29, 0.717) is 29.9 Å². The summed E-state index contributed by atoms with van der Waals surface area (Å²) in [7, 11) is -3.58. The molecule has 2 fully saturated rings. The number of terminal acetylenes is 1. The van der Waals surface area contributed by atoms with E-state index in [-0.39, 0.29) is 5.41 Å². The molecule has 3 aliphatic rings. The van der Waals surface area contributed by atoms with Gasteiger partial charge < -0.3 is 9.29 Å². The number of aryl methyl sites for hydroxylation is 1. The lowest BCUT2D eigenvalue weighted by atomic mass is 9.53. The number of hydrogen-bond donors (Lipinski definition) is 1. The van der Waals surface area contributed by atoms with Gasteiger partial charge in [-0.2, -0.15) is 8.42 Å². The lowest BCUT2D eigenvalue weighted by Gasteiger charge is -2.52. The van der Waals surface area contributed by atoms with E-state index in [1.165, 1.54) is 11.1 Å². The largest absolute Gasteiger partial charge is 0.382 e. The van der Waals surface area contributed by atoms with Gasteiger partial charge in [0.05, 0.1) is 5.25 Å². The Bertz CT molecular complexity index is 928. The summed E-state index contributed by atoms with van der Waals surface area (Å²) >= 11 is 0. The van der Waals surface area contributed by atoms with Gasteiger partial charge in [0.2, 0.25) is 0 Å². The van der Waals surface area contributed by atoms with E-state index in [9.17, 15) is 13.5 Å². The molecule has 0 saturated heterocycles. The van der Waals surface area contributed by atoms with Crippen LogP contribution in [0.2, 0.25) is 0 Å². The Kier molecular flexibility index (Phi) is 4.60. The predicted molar refractivity (Wildman–Crippen MR) is 110 cm³/mol. The summed E-state index contributed by atoms with van der Waals surface area (Å²) in [6, 6.07) is 5.76. The minimum atomic E-state index is -3.58. The van der Waals surface area contributed by atoms with Crippen LogP contribution in [0.1, 0.15) is 69.9 Å². The smallest absolute Gasteiger partial charge is 0.311 e. The zero-order valence-electron chi connectivity index (χ0n) is 16.9. The first-order valence-electron chi connectivity index (χ1n) is 10.4. The fourth-order valence-electron chi connectivity index (χ4n) is 6.09. The second kappa shape index (κ2) is 6.50. The molecule has 2 saturated carbocycles. The van der Waals surface area contributed by atoms with Crippen LogP contribution in [0.4, 0.5) is 0 Å². The van der Waals surface area contributed by atoms with Crippen LogP contribution in [-0.2, 0) is 16.5 Å². The summed E-state index contributed by atoms with van der Waals surface area (Å²) in [4.78, 5) is 0. The Morgan fingerprint density at radius 3 is 2.68 bits per heavy atom. The van der Waals surface area contributed by atoms with Crippen molar-refractivity contribution in [3.63, 3.8) is 0 Å². The third-order valence-electron chi connectivity index (χ3n) is 7.88. The standard InChI is InChI=1S/C23H30O4S/c1-5-23(24)13-11-21-20-8-6-16-14-17(27-28(25,26)15(2)3)7-9-18(16)19(20)10-12-22(21,23)4/h1,7,9,14-15,19-21,24H,6,8,10-13H2,2-4H3/t19-,20-,21+,22+,23+/m1/s1. The number of rotatable bonds is 3. The van der Waals surface area contributed by atoms with Crippen LogP contribution >= 0.6 is 0 Å². The molecule has 4 rings (SSSR count). The highest BCUT2D eigenvalue weighted by atomic mass is 32.2. The fourth-order valence-corrected chi connectivity index (χ4v) is 6.66. The van der Waals surface area contributed by atoms with Crippen LogP contribution in [0.3, 0.4) is 0 Å². The SMILES string of the molecule is C#C[C@]1(O)CC[C@H]2[C@@H]3CCc4cc(OS(=O)(=O)C(C)C)ccc4[C@H]3CC[C@@]21C. The maximum atomic E-state index is 12.1. The van der Waals surface area contributed by atoms with Crippen molar-refractivity contribution in [1.29, 1.82) is 0 Å². The number of hydrogen-bond acceptors (Lipinski definition) is 4. The van der Waals surface area contributed by atoms with E-state index in [0.717, 1.165) is 32.1 Å². The van der Waals surface area contributed by atoms with Gasteiger partial charge in [-0.1, -0.05) is 18.9 Å². The average Bonchev–Trinajstić information content (AvgIpc) is 2.92. The monoisotopic (exact) mass is 402 g/mol. The molecule has 3 aliphatic carbocycles. The first-order chi connectivity index (χ1) is 13.1. The molecule has 28 heavy (non-hydrogen) atoms. The molecular formula is C23H30O4S. The molecule has 0 bridgehead atoms. The van der Waals surface area contributed by atoms with Crippen molar-refractivity contribution in [2.75, 3.05) is 0 Å². The zero-order valence-corrected chi connectivity index (χ0v) is 17.8. The molecule has 0 amide bonds. The molecule has 152 valence electrons. The van der Waals surface area contributed by atoms with Gasteiger partial charge in [-0.3, -0.25) is 0 Å². The quantitative estimate of drug-likeness (QED) is 0.613. The van der Waals surface area contributed by atoms with Gasteiger partial charge >= 0.3 is 10.1 Å². The van der Waals surface area contributed by atoms with Crippen molar-refractivity contribution < 1.29 is 17.7 Å². The molecule has 5 atom stereocenters. The highest BCUT2D eigenvalue weighted by Crippen LogP contribution is 2.64. The molecule has 0 heterocycles. The second-order valence-electron chi connectivity index (χ2n) is 9.40. The molecule has 0 unspecified atom stereocenters. The first kappa shape index (κ1) is 19.8. The lowest BCUT2D eigenvalue weighted by Crippen LogP contribution is -2.50. The Labute approximate surface area is 168 Å². The van der Waals surface area contributed by atoms with Crippen LogP contribution in [0.5, 0.6) is 5.75 Å². The summed E-state index contributed by atoms with van der Waals surface area (Å²) in [5, 5.41) is 10.5. The van der Waals surface area contributed by atoms with Gasteiger partial charge in [0.25, 0.3) is 0 Å². The summed E-state index contributed by atoms with van der Waals surface area (Å²) in [5.74, 6) is 4.55. The summed E-state index contributed by atoms with van der Waals surface area (Å²) < 4.78 is 29.5. The van der Waals surface area contributed by atoms with Crippen molar-refractivity contribution in [1.82, 2.24) is 0 Å². The Hall–Kier alpha value is -1.51. The lowest BCUT2D eigenvalue weighted by molar-refractivity contribution is -0.0646. The van der Waals surface area contributed by atoms with Gasteiger partial charge in [-0.25, -0.2) is 0 Å². The van der Waals surface area contributed by atoms with E-state index < -0.39 is 21.0 Å². The topological polar surface area (TPSA) is 63.6 Å². The minimum absolute atomic E-state index is 0.200. The van der Waals surface area contributed by atoms with Gasteiger partial charge in [0.15, 0.2) is 0 Å². The molecule has 0 aliphatic heterocycles. The molecule has 1 aromatic rings. The Morgan fingerprint density at radius 1 is 1.25 bits per heavy atom. The van der Waals surface area contributed by atoms with Gasteiger partial charge in [-0.15, -0.1) is 6.42 Å². The van der Waals surface area contributed by atoms with Crippen molar-refractivity contribution in [2.45, 2.75) is 76.1 Å². The number of fused-ring (bicyclic) bond motifs is 5. The number of aliphatic hydroxyl groups is 1. The minimum Gasteiger partial charge on any atom is -0.382 e. The molecular weight excluding hydrogens is 372 g/mol. The molecule has 0 spiro atoms. The van der Waals surface area contributed by atoms with E-state index in [1.807, 2.05) is 6.07 Å². The fraction of sp³-hybridized carbons (Fsp3) is 0.652. The summed E-state index contributed by atoms with van der Waals surface area (Å²) in [5.41, 5.74) is 1.34. The van der Waals surface area contributed by atoms with Crippen molar-refractivity contribution in [2.24, 2.45) is 17.3 Å².